The molecule has 2 N–H and O–H groups in total. The number of halogens is 1. The molecule has 2 aliphatic rings. The van der Waals surface area contributed by atoms with Crippen LogP contribution < -0.4 is 10.1 Å². The van der Waals surface area contributed by atoms with Crippen LogP contribution >= 0.6 is 11.6 Å². The smallest absolute Gasteiger partial charge is 0.135 e. The second-order valence-electron chi connectivity index (χ2n) is 5.56. The first kappa shape index (κ1) is 14.2. The van der Waals surface area contributed by atoms with Crippen molar-refractivity contribution < 1.29 is 9.84 Å². The normalized spacial score (nSPS) is 18.8. The molecule has 5 nitrogen and oxygen atoms in total. The zero-order valence-electron chi connectivity index (χ0n) is 12.6. The molecule has 2 aromatic carbocycles. The van der Waals surface area contributed by atoms with Gasteiger partial charge in [-0.1, -0.05) is 11.6 Å². The Morgan fingerprint density at radius 1 is 1.30 bits per heavy atom. The maximum Gasteiger partial charge on any atom is 0.135 e. The van der Waals surface area contributed by atoms with Crippen molar-refractivity contribution in [3.05, 3.63) is 52.5 Å². The van der Waals surface area contributed by atoms with E-state index in [0.717, 1.165) is 35.7 Å². The number of hydrogen-bond acceptors (Lipinski definition) is 5. The van der Waals surface area contributed by atoms with Crippen LogP contribution in [-0.4, -0.2) is 36.0 Å². The lowest BCUT2D eigenvalue weighted by molar-refractivity contribution is 0.353. The Bertz CT molecular complexity index is 806. The highest BCUT2D eigenvalue weighted by Crippen LogP contribution is 2.39. The minimum Gasteiger partial charge on any atom is -0.507 e. The van der Waals surface area contributed by atoms with Gasteiger partial charge in [-0.2, -0.15) is 0 Å². The Hall–Kier alpha value is -2.40. The van der Waals surface area contributed by atoms with Gasteiger partial charge in [0.25, 0.3) is 0 Å². The molecule has 0 aliphatic carbocycles. The summed E-state index contributed by atoms with van der Waals surface area (Å²) in [6.45, 7) is 1.55. The average Bonchev–Trinajstić information content (AvgIpc) is 3.03. The number of methoxy groups -OCH3 is 1. The zero-order valence-corrected chi connectivity index (χ0v) is 13.3. The molecule has 0 saturated heterocycles. The van der Waals surface area contributed by atoms with Crippen LogP contribution in [0, 0.1) is 0 Å². The van der Waals surface area contributed by atoms with E-state index in [0.29, 0.717) is 10.8 Å². The van der Waals surface area contributed by atoms with Crippen molar-refractivity contribution in [1.29, 1.82) is 0 Å². The van der Waals surface area contributed by atoms with Crippen LogP contribution in [0.15, 0.2) is 41.4 Å². The maximum atomic E-state index is 10.4. The van der Waals surface area contributed by atoms with E-state index in [1.807, 2.05) is 30.3 Å². The lowest BCUT2D eigenvalue weighted by Gasteiger charge is -2.38. The molecule has 0 bridgehead atoms. The molecule has 2 aliphatic heterocycles. The van der Waals surface area contributed by atoms with Gasteiger partial charge >= 0.3 is 0 Å². The molecule has 0 amide bonds. The Kier molecular flexibility index (Phi) is 3.31. The molecule has 23 heavy (non-hydrogen) atoms. The van der Waals surface area contributed by atoms with Crippen molar-refractivity contribution in [2.24, 2.45) is 4.99 Å². The van der Waals surface area contributed by atoms with Gasteiger partial charge < -0.3 is 20.1 Å². The summed E-state index contributed by atoms with van der Waals surface area (Å²) < 4.78 is 5.16. The van der Waals surface area contributed by atoms with Gasteiger partial charge in [0, 0.05) is 34.4 Å². The van der Waals surface area contributed by atoms with E-state index in [1.54, 1.807) is 13.2 Å². The van der Waals surface area contributed by atoms with Gasteiger partial charge in [-0.3, -0.25) is 4.99 Å². The summed E-state index contributed by atoms with van der Waals surface area (Å²) in [5.41, 5.74) is 2.75. The summed E-state index contributed by atoms with van der Waals surface area (Å²) in [5.74, 6) is 1.76. The third-order valence-corrected chi connectivity index (χ3v) is 4.47. The second-order valence-corrected chi connectivity index (χ2v) is 6.00. The summed E-state index contributed by atoms with van der Waals surface area (Å²) in [7, 11) is 1.58. The number of rotatable bonds is 2. The lowest BCUT2D eigenvalue weighted by atomic mass is 10.0. The Balaban J connectivity index is 1.80. The van der Waals surface area contributed by atoms with Crippen molar-refractivity contribution in [3.63, 3.8) is 0 Å². The highest BCUT2D eigenvalue weighted by Gasteiger charge is 2.34. The number of fused-ring (bicyclic) bond motifs is 3. The molecule has 1 atom stereocenters. The number of aromatic hydroxyl groups is 1. The number of hydrogen-bond donors (Lipinski definition) is 2. The van der Waals surface area contributed by atoms with Crippen molar-refractivity contribution in [3.8, 4) is 11.5 Å². The molecule has 118 valence electrons. The number of nitrogens with zero attached hydrogens (tertiary/aromatic N) is 2. The van der Waals surface area contributed by atoms with Crippen molar-refractivity contribution in [2.75, 3.05) is 25.5 Å². The summed E-state index contributed by atoms with van der Waals surface area (Å²) in [5, 5.41) is 14.5. The van der Waals surface area contributed by atoms with Gasteiger partial charge in [0.2, 0.25) is 0 Å². The molecule has 0 saturated carbocycles. The van der Waals surface area contributed by atoms with E-state index in [1.165, 1.54) is 0 Å². The summed E-state index contributed by atoms with van der Waals surface area (Å²) in [6, 6.07) is 11.1. The van der Waals surface area contributed by atoms with Gasteiger partial charge in [0.1, 0.15) is 23.5 Å². The van der Waals surface area contributed by atoms with E-state index in [9.17, 15) is 5.11 Å². The molecule has 0 spiro atoms. The van der Waals surface area contributed by atoms with Crippen LogP contribution in [0.25, 0.3) is 0 Å². The highest BCUT2D eigenvalue weighted by atomic mass is 35.5. The number of benzene rings is 2. The Morgan fingerprint density at radius 3 is 2.96 bits per heavy atom. The topological polar surface area (TPSA) is 57.1 Å². The number of aliphatic imine (C=N–C) groups is 1. The van der Waals surface area contributed by atoms with Gasteiger partial charge in [-0.05, 0) is 30.3 Å². The maximum absolute atomic E-state index is 10.4. The standard InChI is InChI=1S/C17H16ClN3O2/c1-23-11-3-5-13(15(22)9-11)17-20-14-8-10(18)2-4-12(14)16-19-6-7-21(16)17/h2-5,8-9,17,20,22H,6-7H2,1H3. The summed E-state index contributed by atoms with van der Waals surface area (Å²) in [4.78, 5) is 6.79. The summed E-state index contributed by atoms with van der Waals surface area (Å²) >= 11 is 6.12. The van der Waals surface area contributed by atoms with Crippen LogP contribution in [0.1, 0.15) is 17.3 Å². The SMILES string of the molecule is COc1ccc(C2Nc3cc(Cl)ccc3C3=NCCN32)c(O)c1. The quantitative estimate of drug-likeness (QED) is 0.888. The second kappa shape index (κ2) is 5.35. The van der Waals surface area contributed by atoms with E-state index < -0.39 is 0 Å². The molecule has 0 fully saturated rings. The van der Waals surface area contributed by atoms with Crippen LogP contribution in [-0.2, 0) is 0 Å². The molecule has 1 unspecified atom stereocenters. The number of amidine groups is 1. The highest BCUT2D eigenvalue weighted by molar-refractivity contribution is 6.31. The Labute approximate surface area is 139 Å². The van der Waals surface area contributed by atoms with Crippen molar-refractivity contribution >= 4 is 23.1 Å². The number of nitrogens with one attached hydrogen (secondary N) is 1. The molecule has 4 rings (SSSR count). The Morgan fingerprint density at radius 2 is 2.17 bits per heavy atom. The molecule has 2 heterocycles. The van der Waals surface area contributed by atoms with E-state index in [2.05, 4.69) is 15.2 Å². The van der Waals surface area contributed by atoms with Gasteiger partial charge in [0.05, 0.1) is 13.7 Å². The predicted molar refractivity (Wildman–Crippen MR) is 90.6 cm³/mol. The van der Waals surface area contributed by atoms with Gasteiger partial charge in [-0.15, -0.1) is 0 Å². The minimum atomic E-state index is -0.187. The van der Waals surface area contributed by atoms with Crippen molar-refractivity contribution in [1.82, 2.24) is 4.90 Å². The van der Waals surface area contributed by atoms with Crippen LogP contribution in [0.3, 0.4) is 0 Å². The fraction of sp³-hybridized carbons (Fsp3) is 0.235. The third kappa shape index (κ3) is 2.28. The fourth-order valence-electron chi connectivity index (χ4n) is 3.14. The minimum absolute atomic E-state index is 0.187. The lowest BCUT2D eigenvalue weighted by Crippen LogP contribution is -2.41. The number of ether oxygens (including phenoxy) is 1. The monoisotopic (exact) mass is 329 g/mol. The van der Waals surface area contributed by atoms with E-state index >= 15 is 0 Å². The van der Waals surface area contributed by atoms with Gasteiger partial charge in [-0.25, -0.2) is 0 Å². The van der Waals surface area contributed by atoms with Crippen molar-refractivity contribution in [2.45, 2.75) is 6.17 Å². The zero-order chi connectivity index (χ0) is 16.0. The van der Waals surface area contributed by atoms with E-state index in [-0.39, 0.29) is 11.9 Å². The molecule has 0 radical (unpaired) electrons. The van der Waals surface area contributed by atoms with Crippen LogP contribution in [0.2, 0.25) is 5.02 Å². The molecule has 2 aromatic rings. The molecular formula is C17H16ClN3O2. The average molecular weight is 330 g/mol. The molecule has 6 heteroatoms. The van der Waals surface area contributed by atoms with Crippen LogP contribution in [0.5, 0.6) is 11.5 Å². The largest absolute Gasteiger partial charge is 0.507 e. The predicted octanol–water partition coefficient (Wildman–Crippen LogP) is 3.24. The fourth-order valence-corrected chi connectivity index (χ4v) is 3.31. The van der Waals surface area contributed by atoms with E-state index in [4.69, 9.17) is 16.3 Å². The number of anilines is 1. The molecule has 0 aromatic heterocycles. The first-order chi connectivity index (χ1) is 11.2. The first-order valence-corrected chi connectivity index (χ1v) is 7.79. The number of phenols is 1. The van der Waals surface area contributed by atoms with Gasteiger partial charge in [0.15, 0.2) is 0 Å². The number of phenolic OH excluding ortho intramolecular Hbond substituents is 1. The third-order valence-electron chi connectivity index (χ3n) is 4.23. The molecular weight excluding hydrogens is 314 g/mol. The van der Waals surface area contributed by atoms with Crippen LogP contribution in [0.4, 0.5) is 5.69 Å². The first-order valence-electron chi connectivity index (χ1n) is 7.42. The summed E-state index contributed by atoms with van der Waals surface area (Å²) in [6.07, 6.45) is -0.187.